The molecule has 178 valence electrons. The molecule has 4 rings (SSSR count). The predicted octanol–water partition coefficient (Wildman–Crippen LogP) is 4.51. The van der Waals surface area contributed by atoms with Gasteiger partial charge in [-0.1, -0.05) is 42.5 Å². The first-order valence-electron chi connectivity index (χ1n) is 11.5. The lowest BCUT2D eigenvalue weighted by Gasteiger charge is -2.22. The van der Waals surface area contributed by atoms with E-state index in [0.29, 0.717) is 47.6 Å². The third kappa shape index (κ3) is 6.41. The summed E-state index contributed by atoms with van der Waals surface area (Å²) < 4.78 is 5.73. The zero-order valence-corrected chi connectivity index (χ0v) is 19.6. The fourth-order valence-corrected chi connectivity index (χ4v) is 3.78. The highest BCUT2D eigenvalue weighted by Gasteiger charge is 2.16. The van der Waals surface area contributed by atoms with Gasteiger partial charge in [-0.2, -0.15) is 0 Å². The molecule has 0 radical (unpaired) electrons. The number of hydrogen-bond donors (Lipinski definition) is 1. The van der Waals surface area contributed by atoms with Gasteiger partial charge in [0, 0.05) is 18.5 Å². The van der Waals surface area contributed by atoms with E-state index in [0.717, 1.165) is 5.56 Å². The highest BCUT2D eigenvalue weighted by molar-refractivity contribution is 5.94. The van der Waals surface area contributed by atoms with Gasteiger partial charge in [-0.3, -0.25) is 14.4 Å². The molecule has 0 fully saturated rings. The van der Waals surface area contributed by atoms with Crippen molar-refractivity contribution >= 4 is 22.6 Å². The van der Waals surface area contributed by atoms with Crippen molar-refractivity contribution < 1.29 is 14.3 Å². The summed E-state index contributed by atoms with van der Waals surface area (Å²) in [6.45, 7) is 2.49. The Bertz CT molecular complexity index is 1360. The van der Waals surface area contributed by atoms with Crippen LogP contribution in [0.4, 0.5) is 0 Å². The van der Waals surface area contributed by atoms with Gasteiger partial charge in [0.05, 0.1) is 24.1 Å². The SMILES string of the molecule is CC(=O)c1ccc(OCCCC(=O)N(Cc2ccccc2)Cc2nc3ccccc3c(=O)[nH]2)cc1. The minimum Gasteiger partial charge on any atom is -0.494 e. The van der Waals surface area contributed by atoms with Crippen LogP contribution in [0, 0.1) is 0 Å². The molecule has 4 aromatic rings. The fourth-order valence-electron chi connectivity index (χ4n) is 3.78. The molecule has 1 heterocycles. The number of ether oxygens (including phenoxy) is 1. The summed E-state index contributed by atoms with van der Waals surface area (Å²) in [6.07, 6.45) is 0.816. The molecule has 1 amide bonds. The van der Waals surface area contributed by atoms with E-state index in [1.165, 1.54) is 6.92 Å². The lowest BCUT2D eigenvalue weighted by molar-refractivity contribution is -0.132. The van der Waals surface area contributed by atoms with E-state index in [1.807, 2.05) is 36.4 Å². The number of para-hydroxylation sites is 1. The minimum atomic E-state index is -0.220. The summed E-state index contributed by atoms with van der Waals surface area (Å²) >= 11 is 0. The van der Waals surface area contributed by atoms with Gasteiger partial charge in [0.1, 0.15) is 11.6 Å². The molecule has 0 aliphatic heterocycles. The van der Waals surface area contributed by atoms with Crippen LogP contribution in [0.3, 0.4) is 0 Å². The van der Waals surface area contributed by atoms with Crippen LogP contribution in [0.2, 0.25) is 0 Å². The van der Waals surface area contributed by atoms with E-state index < -0.39 is 0 Å². The molecule has 0 saturated carbocycles. The number of H-pyrrole nitrogens is 1. The lowest BCUT2D eigenvalue weighted by atomic mass is 10.1. The molecule has 0 aliphatic carbocycles. The summed E-state index contributed by atoms with van der Waals surface area (Å²) in [5.41, 5.74) is 2.00. The summed E-state index contributed by atoms with van der Waals surface area (Å²) in [7, 11) is 0. The van der Waals surface area contributed by atoms with Crippen LogP contribution < -0.4 is 10.3 Å². The number of amides is 1. The maximum atomic E-state index is 13.1. The number of nitrogens with one attached hydrogen (secondary N) is 1. The lowest BCUT2D eigenvalue weighted by Crippen LogP contribution is -2.31. The first-order chi connectivity index (χ1) is 17.0. The van der Waals surface area contributed by atoms with Crippen LogP contribution in [0.15, 0.2) is 83.7 Å². The molecule has 0 saturated heterocycles. The van der Waals surface area contributed by atoms with E-state index in [4.69, 9.17) is 4.74 Å². The van der Waals surface area contributed by atoms with Crippen LogP contribution in [0.1, 0.15) is 41.5 Å². The molecule has 0 spiro atoms. The number of Topliss-reactive ketones (excluding diaryl/α,β-unsaturated/α-hetero) is 1. The first-order valence-corrected chi connectivity index (χ1v) is 11.5. The molecule has 1 aromatic heterocycles. The number of carbonyl (C=O) groups is 2. The number of benzene rings is 3. The molecule has 0 aliphatic rings. The van der Waals surface area contributed by atoms with Crippen molar-refractivity contribution in [2.75, 3.05) is 6.61 Å². The van der Waals surface area contributed by atoms with Gasteiger partial charge in [-0.05, 0) is 55.3 Å². The maximum Gasteiger partial charge on any atom is 0.258 e. The predicted molar refractivity (Wildman–Crippen MR) is 134 cm³/mol. The second kappa shape index (κ2) is 11.2. The average Bonchev–Trinajstić information content (AvgIpc) is 2.87. The molecule has 1 N–H and O–H groups in total. The number of aromatic amines is 1. The Morgan fingerprint density at radius 3 is 2.37 bits per heavy atom. The van der Waals surface area contributed by atoms with Gasteiger partial charge in [-0.15, -0.1) is 0 Å². The molecular weight excluding hydrogens is 442 g/mol. The van der Waals surface area contributed by atoms with Gasteiger partial charge < -0.3 is 14.6 Å². The van der Waals surface area contributed by atoms with E-state index >= 15 is 0 Å². The highest BCUT2D eigenvalue weighted by atomic mass is 16.5. The van der Waals surface area contributed by atoms with Crippen molar-refractivity contribution in [2.24, 2.45) is 0 Å². The first kappa shape index (κ1) is 23.9. The van der Waals surface area contributed by atoms with E-state index in [-0.39, 0.29) is 30.2 Å². The number of carbonyl (C=O) groups excluding carboxylic acids is 2. The summed E-state index contributed by atoms with van der Waals surface area (Å²) in [5.74, 6) is 1.05. The van der Waals surface area contributed by atoms with Crippen LogP contribution in [-0.2, 0) is 17.9 Å². The van der Waals surface area contributed by atoms with Crippen molar-refractivity contribution in [3.63, 3.8) is 0 Å². The zero-order valence-electron chi connectivity index (χ0n) is 19.6. The third-order valence-corrected chi connectivity index (χ3v) is 5.64. The highest BCUT2D eigenvalue weighted by Crippen LogP contribution is 2.15. The molecule has 0 unspecified atom stereocenters. The molecule has 7 heteroatoms. The zero-order chi connectivity index (χ0) is 24.6. The Balaban J connectivity index is 1.41. The summed E-state index contributed by atoms with van der Waals surface area (Å²) in [6, 6.07) is 23.8. The van der Waals surface area contributed by atoms with Gasteiger partial charge in [0.25, 0.3) is 5.56 Å². The van der Waals surface area contributed by atoms with E-state index in [2.05, 4.69) is 9.97 Å². The molecule has 3 aromatic carbocycles. The normalized spacial score (nSPS) is 10.8. The topological polar surface area (TPSA) is 92.4 Å². The monoisotopic (exact) mass is 469 g/mol. The third-order valence-electron chi connectivity index (χ3n) is 5.64. The molecule has 0 atom stereocenters. The second-order valence-electron chi connectivity index (χ2n) is 8.30. The Kier molecular flexibility index (Phi) is 7.67. The molecule has 35 heavy (non-hydrogen) atoms. The number of nitrogens with zero attached hydrogens (tertiary/aromatic N) is 2. The largest absolute Gasteiger partial charge is 0.494 e. The fraction of sp³-hybridized carbons (Fsp3) is 0.214. The van der Waals surface area contributed by atoms with E-state index in [1.54, 1.807) is 47.4 Å². The van der Waals surface area contributed by atoms with Crippen molar-refractivity contribution in [1.82, 2.24) is 14.9 Å². The molecule has 0 bridgehead atoms. The quantitative estimate of drug-likeness (QED) is 0.272. The Morgan fingerprint density at radius 1 is 0.914 bits per heavy atom. The molecular formula is C28H27N3O4. The standard InChI is InChI=1S/C28H27N3O4/c1-20(32)22-13-15-23(16-14-22)35-17-7-12-27(33)31(18-21-8-3-2-4-9-21)19-26-29-25-11-6-5-10-24(25)28(34)30-26/h2-6,8-11,13-16H,7,12,17-19H2,1H3,(H,29,30,34). The van der Waals surface area contributed by atoms with Crippen LogP contribution >= 0.6 is 0 Å². The number of hydrogen-bond acceptors (Lipinski definition) is 5. The summed E-state index contributed by atoms with van der Waals surface area (Å²) in [5, 5.41) is 0.519. The van der Waals surface area contributed by atoms with E-state index in [9.17, 15) is 14.4 Å². The van der Waals surface area contributed by atoms with Crippen molar-refractivity contribution in [1.29, 1.82) is 0 Å². The number of rotatable bonds is 10. The smallest absolute Gasteiger partial charge is 0.258 e. The number of aromatic nitrogens is 2. The van der Waals surface area contributed by atoms with Gasteiger partial charge in [0.15, 0.2) is 5.78 Å². The Hall–Kier alpha value is -4.26. The van der Waals surface area contributed by atoms with Crippen LogP contribution in [0.25, 0.3) is 10.9 Å². The van der Waals surface area contributed by atoms with Crippen LogP contribution in [0.5, 0.6) is 5.75 Å². The Labute approximate surface area is 203 Å². The number of fused-ring (bicyclic) bond motifs is 1. The van der Waals surface area contributed by atoms with Crippen molar-refractivity contribution in [3.8, 4) is 5.75 Å². The van der Waals surface area contributed by atoms with Crippen molar-refractivity contribution in [3.05, 3.63) is 106 Å². The van der Waals surface area contributed by atoms with Gasteiger partial charge in [-0.25, -0.2) is 4.98 Å². The average molecular weight is 470 g/mol. The van der Waals surface area contributed by atoms with Gasteiger partial charge >= 0.3 is 0 Å². The summed E-state index contributed by atoms with van der Waals surface area (Å²) in [4.78, 5) is 46.1. The Morgan fingerprint density at radius 2 is 1.63 bits per heavy atom. The second-order valence-corrected chi connectivity index (χ2v) is 8.30. The molecule has 7 nitrogen and oxygen atoms in total. The van der Waals surface area contributed by atoms with Gasteiger partial charge in [0.2, 0.25) is 5.91 Å². The minimum absolute atomic E-state index is 0.00269. The van der Waals surface area contributed by atoms with Crippen LogP contribution in [-0.4, -0.2) is 33.2 Å². The number of ketones is 1. The van der Waals surface area contributed by atoms with Crippen molar-refractivity contribution in [2.45, 2.75) is 32.9 Å². The maximum absolute atomic E-state index is 13.1.